The number of hydrogen-bond donors (Lipinski definition) is 0. The highest BCUT2D eigenvalue weighted by molar-refractivity contribution is 5.90. The molecule has 0 saturated carbocycles. The fourth-order valence-corrected chi connectivity index (χ4v) is 0.799. The van der Waals surface area contributed by atoms with Gasteiger partial charge in [0.25, 0.3) is 0 Å². The number of ether oxygens (including phenoxy) is 1. The number of carbonyl (C=O) groups excluding carboxylic acids is 1. The van der Waals surface area contributed by atoms with Crippen molar-refractivity contribution in [1.29, 1.82) is 0 Å². The lowest BCUT2D eigenvalue weighted by molar-refractivity contribution is -0.419. The summed E-state index contributed by atoms with van der Waals surface area (Å²) in [5.41, 5.74) is -0.664. The average molecular weight is 197 g/mol. The van der Waals surface area contributed by atoms with E-state index in [9.17, 15) is 14.9 Å². The zero-order valence-corrected chi connectivity index (χ0v) is 7.30. The average Bonchev–Trinajstić information content (AvgIpc) is 2.65. The predicted molar refractivity (Wildman–Crippen MR) is 45.7 cm³/mol. The summed E-state index contributed by atoms with van der Waals surface area (Å²) >= 11 is 0. The van der Waals surface area contributed by atoms with Gasteiger partial charge in [-0.15, -0.1) is 0 Å². The highest BCUT2D eigenvalue weighted by Gasteiger charge is 2.22. The summed E-state index contributed by atoms with van der Waals surface area (Å²) in [7, 11) is 1.07. The van der Waals surface area contributed by atoms with Crippen LogP contribution >= 0.6 is 0 Å². The van der Waals surface area contributed by atoms with Crippen molar-refractivity contribution in [2.45, 2.75) is 0 Å². The number of rotatable bonds is 3. The summed E-state index contributed by atoms with van der Waals surface area (Å²) in [6.07, 6.45) is 2.35. The van der Waals surface area contributed by atoms with Gasteiger partial charge in [-0.1, -0.05) is 0 Å². The van der Waals surface area contributed by atoms with E-state index in [1.807, 2.05) is 0 Å². The molecule has 0 aliphatic heterocycles. The molecule has 0 aliphatic carbocycles. The number of furan rings is 1. The van der Waals surface area contributed by atoms with Gasteiger partial charge in [0.15, 0.2) is 0 Å². The Bertz CT molecular complexity index is 365. The maximum Gasteiger partial charge on any atom is 0.409 e. The topological polar surface area (TPSA) is 82.6 Å². The molecular weight excluding hydrogens is 190 g/mol. The Balaban J connectivity index is 2.99. The van der Waals surface area contributed by atoms with E-state index in [2.05, 4.69) is 4.74 Å². The Morgan fingerprint density at radius 2 is 2.43 bits per heavy atom. The fourth-order valence-electron chi connectivity index (χ4n) is 0.799. The third-order valence-corrected chi connectivity index (χ3v) is 1.41. The first kappa shape index (κ1) is 9.97. The van der Waals surface area contributed by atoms with Crippen LogP contribution in [-0.4, -0.2) is 18.0 Å². The van der Waals surface area contributed by atoms with Crippen molar-refractivity contribution in [3.05, 3.63) is 40.0 Å². The lowest BCUT2D eigenvalue weighted by Gasteiger charge is -1.94. The molecule has 0 aliphatic rings. The number of nitro groups is 1. The first-order valence-electron chi connectivity index (χ1n) is 3.63. The molecule has 0 radical (unpaired) electrons. The molecule has 74 valence electrons. The standard InChI is InChI=1S/C8H7NO5/c1-13-8(10)7(9(11)12)5-6-3-2-4-14-6/h2-5H,1H3. The van der Waals surface area contributed by atoms with Crippen molar-refractivity contribution in [2.24, 2.45) is 0 Å². The van der Waals surface area contributed by atoms with E-state index in [-0.39, 0.29) is 5.76 Å². The van der Waals surface area contributed by atoms with Crippen molar-refractivity contribution < 1.29 is 18.9 Å². The van der Waals surface area contributed by atoms with Gasteiger partial charge in [-0.3, -0.25) is 10.1 Å². The number of nitrogens with zero attached hydrogens (tertiary/aromatic N) is 1. The summed E-state index contributed by atoms with van der Waals surface area (Å²) in [5.74, 6) is -0.784. The number of methoxy groups -OCH3 is 1. The minimum atomic E-state index is -1.01. The summed E-state index contributed by atoms with van der Waals surface area (Å²) in [6, 6.07) is 3.05. The van der Waals surface area contributed by atoms with Gasteiger partial charge in [-0.05, 0) is 12.1 Å². The van der Waals surface area contributed by atoms with E-state index in [1.165, 1.54) is 12.3 Å². The van der Waals surface area contributed by atoms with Gasteiger partial charge >= 0.3 is 11.7 Å². The van der Waals surface area contributed by atoms with Crippen LogP contribution in [0.1, 0.15) is 5.76 Å². The molecule has 1 rings (SSSR count). The van der Waals surface area contributed by atoms with Gasteiger partial charge in [0.2, 0.25) is 0 Å². The molecule has 14 heavy (non-hydrogen) atoms. The Labute approximate surface area is 78.9 Å². The molecule has 0 N–H and O–H groups in total. The quantitative estimate of drug-likeness (QED) is 0.313. The molecule has 0 unspecified atom stereocenters. The number of hydrogen-bond acceptors (Lipinski definition) is 5. The molecule has 1 aromatic heterocycles. The largest absolute Gasteiger partial charge is 0.465 e. The summed E-state index contributed by atoms with van der Waals surface area (Å²) in [5, 5.41) is 10.4. The zero-order valence-electron chi connectivity index (χ0n) is 7.30. The van der Waals surface area contributed by atoms with Crippen LogP contribution < -0.4 is 0 Å². The Morgan fingerprint density at radius 3 is 2.86 bits per heavy atom. The van der Waals surface area contributed by atoms with Crippen LogP contribution in [0.2, 0.25) is 0 Å². The van der Waals surface area contributed by atoms with Gasteiger partial charge in [0.1, 0.15) is 5.76 Å². The van der Waals surface area contributed by atoms with Crippen LogP contribution in [0, 0.1) is 10.1 Å². The minimum absolute atomic E-state index is 0.224. The zero-order chi connectivity index (χ0) is 10.6. The first-order valence-corrected chi connectivity index (χ1v) is 3.63. The Hall–Kier alpha value is -2.11. The third-order valence-electron chi connectivity index (χ3n) is 1.41. The van der Waals surface area contributed by atoms with E-state index in [1.54, 1.807) is 6.07 Å². The first-order chi connectivity index (χ1) is 6.65. The van der Waals surface area contributed by atoms with Crippen LogP contribution in [0.5, 0.6) is 0 Å². The summed E-state index contributed by atoms with van der Waals surface area (Å²) < 4.78 is 9.05. The minimum Gasteiger partial charge on any atom is -0.465 e. The van der Waals surface area contributed by atoms with Gasteiger partial charge in [0.05, 0.1) is 24.4 Å². The van der Waals surface area contributed by atoms with Crippen molar-refractivity contribution in [1.82, 2.24) is 0 Å². The van der Waals surface area contributed by atoms with Crippen LogP contribution in [0.25, 0.3) is 6.08 Å². The van der Waals surface area contributed by atoms with Crippen LogP contribution in [-0.2, 0) is 9.53 Å². The van der Waals surface area contributed by atoms with Crippen LogP contribution in [0.3, 0.4) is 0 Å². The molecule has 0 fully saturated rings. The predicted octanol–water partition coefficient (Wildman–Crippen LogP) is 1.07. The number of carbonyl (C=O) groups is 1. The molecular formula is C8H7NO5. The molecule has 1 aromatic rings. The maximum absolute atomic E-state index is 10.9. The maximum atomic E-state index is 10.9. The smallest absolute Gasteiger partial charge is 0.409 e. The molecule has 0 aromatic carbocycles. The van der Waals surface area contributed by atoms with E-state index in [0.29, 0.717) is 0 Å². The lowest BCUT2D eigenvalue weighted by atomic mass is 10.3. The SMILES string of the molecule is COC(=O)C(=Cc1ccco1)[N+](=O)[O-]. The molecule has 0 amide bonds. The second-order valence-corrected chi connectivity index (χ2v) is 2.29. The van der Waals surface area contributed by atoms with Gasteiger partial charge in [0, 0.05) is 0 Å². The molecule has 1 heterocycles. The van der Waals surface area contributed by atoms with Gasteiger partial charge in [-0.25, -0.2) is 4.79 Å². The third kappa shape index (κ3) is 2.19. The van der Waals surface area contributed by atoms with E-state index < -0.39 is 16.6 Å². The monoisotopic (exact) mass is 197 g/mol. The van der Waals surface area contributed by atoms with Crippen molar-refractivity contribution in [3.63, 3.8) is 0 Å². The highest BCUT2D eigenvalue weighted by Crippen LogP contribution is 2.08. The molecule has 6 nitrogen and oxygen atoms in total. The number of esters is 1. The lowest BCUT2D eigenvalue weighted by Crippen LogP contribution is -2.12. The summed E-state index contributed by atoms with van der Waals surface area (Å²) in [4.78, 5) is 20.5. The normalized spacial score (nSPS) is 11.1. The molecule has 6 heteroatoms. The van der Waals surface area contributed by atoms with Crippen LogP contribution in [0.4, 0.5) is 0 Å². The summed E-state index contributed by atoms with van der Waals surface area (Å²) in [6.45, 7) is 0. The second-order valence-electron chi connectivity index (χ2n) is 2.29. The molecule has 0 spiro atoms. The van der Waals surface area contributed by atoms with Gasteiger partial charge in [-0.2, -0.15) is 0 Å². The molecule has 0 saturated heterocycles. The van der Waals surface area contributed by atoms with Crippen LogP contribution in [0.15, 0.2) is 28.5 Å². The highest BCUT2D eigenvalue weighted by atomic mass is 16.6. The van der Waals surface area contributed by atoms with E-state index in [4.69, 9.17) is 4.42 Å². The van der Waals surface area contributed by atoms with Crippen molar-refractivity contribution in [2.75, 3.05) is 7.11 Å². The van der Waals surface area contributed by atoms with Crippen molar-refractivity contribution >= 4 is 12.0 Å². The molecule has 0 atom stereocenters. The molecule has 0 bridgehead atoms. The van der Waals surface area contributed by atoms with Crippen molar-refractivity contribution in [3.8, 4) is 0 Å². The van der Waals surface area contributed by atoms with E-state index in [0.717, 1.165) is 13.2 Å². The fraction of sp³-hybridized carbons (Fsp3) is 0.125. The Morgan fingerprint density at radius 1 is 1.71 bits per heavy atom. The van der Waals surface area contributed by atoms with E-state index >= 15 is 0 Å². The van der Waals surface area contributed by atoms with Gasteiger partial charge < -0.3 is 9.15 Å². The second kappa shape index (κ2) is 4.22. The Kier molecular flexibility index (Phi) is 3.01.